The standard InChI is InChI=1S/C25H26O10/c1-10-6-12-13(7-26)11-4-3-5-14(28)17(11)19(29)18(12)20-16(10)21-22-24(30,33-20)23(9-32-23)25(34-21,35-22)15(8-27)31-2/h6,15,21-22,26-27,29-30H,3-5,7-9H2,1-2H3. The summed E-state index contributed by atoms with van der Waals surface area (Å²) in [4.78, 5) is 12.8. The van der Waals surface area contributed by atoms with Crippen molar-refractivity contribution < 1.29 is 48.9 Å². The van der Waals surface area contributed by atoms with Crippen LogP contribution in [0.2, 0.25) is 0 Å². The zero-order valence-corrected chi connectivity index (χ0v) is 19.3. The monoisotopic (exact) mass is 486 g/mol. The van der Waals surface area contributed by atoms with E-state index in [-0.39, 0.29) is 41.4 Å². The Balaban J connectivity index is 1.53. The number of benzene rings is 2. The van der Waals surface area contributed by atoms with Crippen molar-refractivity contribution in [2.45, 2.75) is 68.3 Å². The summed E-state index contributed by atoms with van der Waals surface area (Å²) in [6, 6.07) is 1.83. The molecule has 10 heteroatoms. The smallest absolute Gasteiger partial charge is 0.274 e. The average Bonchev–Trinajstić information content (AvgIpc) is 3.51. The molecule has 35 heavy (non-hydrogen) atoms. The van der Waals surface area contributed by atoms with E-state index >= 15 is 0 Å². The van der Waals surface area contributed by atoms with Gasteiger partial charge in [-0.1, -0.05) is 6.07 Å². The van der Waals surface area contributed by atoms with Crippen LogP contribution in [0, 0.1) is 6.92 Å². The van der Waals surface area contributed by atoms with Crippen LogP contribution in [-0.2, 0) is 32.0 Å². The number of rotatable bonds is 4. The fraction of sp³-hybridized carbons (Fsp3) is 0.560. The fourth-order valence-electron chi connectivity index (χ4n) is 6.86. The van der Waals surface area contributed by atoms with Crippen molar-refractivity contribution in [3.8, 4) is 11.5 Å². The molecule has 5 aliphatic rings. The normalized spacial score (nSPS) is 36.9. The molecular weight excluding hydrogens is 460 g/mol. The Morgan fingerprint density at radius 2 is 2.03 bits per heavy atom. The number of carbonyl (C=O) groups excluding carboxylic acids is 1. The summed E-state index contributed by atoms with van der Waals surface area (Å²) in [5.41, 5.74) is 1.26. The lowest BCUT2D eigenvalue weighted by Crippen LogP contribution is -2.69. The predicted octanol–water partition coefficient (Wildman–Crippen LogP) is 0.889. The number of aliphatic hydroxyl groups is 3. The number of aryl methyl sites for hydroxylation is 1. The highest BCUT2D eigenvalue weighted by Gasteiger charge is 2.92. The molecule has 0 radical (unpaired) electrons. The van der Waals surface area contributed by atoms with Crippen LogP contribution in [0.15, 0.2) is 6.07 Å². The van der Waals surface area contributed by atoms with Crippen LogP contribution in [-0.4, -0.2) is 75.9 Å². The summed E-state index contributed by atoms with van der Waals surface area (Å²) in [6.45, 7) is 1.14. The molecule has 10 nitrogen and oxygen atoms in total. The number of carbonyl (C=O) groups is 1. The number of ether oxygens (including phenoxy) is 5. The molecule has 3 fully saturated rings. The number of aliphatic hydroxyl groups excluding tert-OH is 2. The van der Waals surface area contributed by atoms with Crippen molar-refractivity contribution >= 4 is 16.6 Å². The van der Waals surface area contributed by atoms with Gasteiger partial charge in [0, 0.05) is 19.1 Å². The number of methoxy groups -OCH3 is 1. The molecule has 6 atom stereocenters. The van der Waals surface area contributed by atoms with Crippen molar-refractivity contribution in [1.82, 2.24) is 0 Å². The van der Waals surface area contributed by atoms with E-state index < -0.39 is 42.1 Å². The minimum Gasteiger partial charge on any atom is -0.506 e. The van der Waals surface area contributed by atoms with Gasteiger partial charge in [-0.15, -0.1) is 0 Å². The number of hydrogen-bond donors (Lipinski definition) is 4. The van der Waals surface area contributed by atoms with Gasteiger partial charge in [-0.05, 0) is 41.8 Å². The Morgan fingerprint density at radius 1 is 1.26 bits per heavy atom. The van der Waals surface area contributed by atoms with E-state index in [0.29, 0.717) is 41.3 Å². The molecule has 0 aromatic heterocycles. The predicted molar refractivity (Wildman–Crippen MR) is 117 cm³/mol. The second kappa shape index (κ2) is 6.71. The first-order valence-corrected chi connectivity index (χ1v) is 11.8. The van der Waals surface area contributed by atoms with E-state index in [4.69, 9.17) is 23.7 Å². The molecule has 1 spiro atoms. The number of phenols is 1. The van der Waals surface area contributed by atoms with Crippen LogP contribution in [0.25, 0.3) is 10.8 Å². The Kier molecular flexibility index (Phi) is 4.21. The highest BCUT2D eigenvalue weighted by atomic mass is 16.9. The first kappa shape index (κ1) is 21.9. The summed E-state index contributed by atoms with van der Waals surface area (Å²) >= 11 is 0. The minimum absolute atomic E-state index is 0.0490. The highest BCUT2D eigenvalue weighted by molar-refractivity contribution is 6.10. The molecule has 4 heterocycles. The van der Waals surface area contributed by atoms with Crippen molar-refractivity contribution in [3.63, 3.8) is 0 Å². The first-order chi connectivity index (χ1) is 16.8. The van der Waals surface area contributed by atoms with E-state index in [1.165, 1.54) is 7.11 Å². The highest BCUT2D eigenvalue weighted by Crippen LogP contribution is 2.70. The third-order valence-electron chi connectivity index (χ3n) is 8.51. The molecule has 2 aromatic carbocycles. The Hall–Kier alpha value is -2.31. The molecule has 6 unspecified atom stereocenters. The molecule has 2 bridgehead atoms. The number of fused-ring (bicyclic) bond motifs is 8. The zero-order chi connectivity index (χ0) is 24.5. The van der Waals surface area contributed by atoms with Crippen molar-refractivity contribution in [2.24, 2.45) is 0 Å². The molecule has 3 saturated heterocycles. The number of hydrogen-bond acceptors (Lipinski definition) is 10. The van der Waals surface area contributed by atoms with Gasteiger partial charge in [0.05, 0.1) is 30.8 Å². The summed E-state index contributed by atoms with van der Waals surface area (Å²) in [5, 5.41) is 44.4. The molecular formula is C25H26O10. The second-order valence-corrected chi connectivity index (χ2v) is 10.0. The van der Waals surface area contributed by atoms with Gasteiger partial charge < -0.3 is 44.1 Å². The van der Waals surface area contributed by atoms with Gasteiger partial charge in [-0.25, -0.2) is 0 Å². The maximum atomic E-state index is 12.8. The molecule has 0 amide bonds. The van der Waals surface area contributed by atoms with Gasteiger partial charge in [0.25, 0.3) is 5.79 Å². The van der Waals surface area contributed by atoms with Crippen LogP contribution in [0.3, 0.4) is 0 Å². The van der Waals surface area contributed by atoms with E-state index in [9.17, 15) is 25.2 Å². The zero-order valence-electron chi connectivity index (χ0n) is 19.3. The van der Waals surface area contributed by atoms with Crippen LogP contribution >= 0.6 is 0 Å². The summed E-state index contributed by atoms with van der Waals surface area (Å²) in [5.74, 6) is -3.84. The Bertz CT molecular complexity index is 1310. The molecule has 2 aromatic rings. The maximum Gasteiger partial charge on any atom is 0.274 e. The molecule has 7 rings (SSSR count). The summed E-state index contributed by atoms with van der Waals surface area (Å²) < 4.78 is 30.1. The number of ketones is 1. The van der Waals surface area contributed by atoms with Crippen molar-refractivity contribution in [3.05, 3.63) is 33.9 Å². The Labute approximate surface area is 199 Å². The number of phenolic OH excluding ortho intramolecular Hbond substituents is 1. The maximum absolute atomic E-state index is 12.8. The third kappa shape index (κ3) is 2.24. The largest absolute Gasteiger partial charge is 0.506 e. The quantitative estimate of drug-likeness (QED) is 0.459. The lowest BCUT2D eigenvalue weighted by molar-refractivity contribution is -0.307. The molecule has 0 saturated carbocycles. The lowest BCUT2D eigenvalue weighted by atomic mass is 9.77. The van der Waals surface area contributed by atoms with Crippen LogP contribution in [0.4, 0.5) is 0 Å². The van der Waals surface area contributed by atoms with Gasteiger partial charge in [0.1, 0.15) is 23.7 Å². The van der Waals surface area contributed by atoms with Crippen molar-refractivity contribution in [1.29, 1.82) is 0 Å². The van der Waals surface area contributed by atoms with Crippen molar-refractivity contribution in [2.75, 3.05) is 20.3 Å². The molecule has 186 valence electrons. The first-order valence-electron chi connectivity index (χ1n) is 11.8. The van der Waals surface area contributed by atoms with Crippen LogP contribution in [0.5, 0.6) is 11.5 Å². The van der Waals surface area contributed by atoms with Gasteiger partial charge in [0.15, 0.2) is 11.9 Å². The van der Waals surface area contributed by atoms with E-state index in [2.05, 4.69) is 0 Å². The topological polar surface area (TPSA) is 147 Å². The Morgan fingerprint density at radius 3 is 2.69 bits per heavy atom. The molecule has 1 aliphatic carbocycles. The van der Waals surface area contributed by atoms with Gasteiger partial charge in [-0.2, -0.15) is 0 Å². The number of Topliss-reactive ketones (excluding diaryl/α,β-unsaturated/α-hetero) is 1. The number of epoxide rings is 1. The lowest BCUT2D eigenvalue weighted by Gasteiger charge is -2.47. The van der Waals surface area contributed by atoms with Gasteiger partial charge in [0.2, 0.25) is 11.4 Å². The van der Waals surface area contributed by atoms with E-state index in [0.717, 1.165) is 5.56 Å². The second-order valence-electron chi connectivity index (χ2n) is 10.0. The summed E-state index contributed by atoms with van der Waals surface area (Å²) in [7, 11) is 1.41. The van der Waals surface area contributed by atoms with Gasteiger partial charge >= 0.3 is 0 Å². The molecule has 4 N–H and O–H groups in total. The summed E-state index contributed by atoms with van der Waals surface area (Å²) in [6.07, 6.45) is -1.21. The minimum atomic E-state index is -2.00. The number of aromatic hydroxyl groups is 1. The average molecular weight is 486 g/mol. The van der Waals surface area contributed by atoms with E-state index in [1.54, 1.807) is 0 Å². The third-order valence-corrected chi connectivity index (χ3v) is 8.51. The van der Waals surface area contributed by atoms with Gasteiger partial charge in [-0.3, -0.25) is 4.79 Å². The SMILES string of the molecule is COC(CO)C12OC3c4c(C)cc5c(CO)c6c(c(O)c5c4OC(O)(C3O1)C21CO1)C(=O)CCC6. The van der Waals surface area contributed by atoms with Crippen LogP contribution in [0.1, 0.15) is 51.6 Å². The van der Waals surface area contributed by atoms with Crippen LogP contribution < -0.4 is 4.74 Å². The van der Waals surface area contributed by atoms with E-state index in [1.807, 2.05) is 13.0 Å². The fourth-order valence-corrected chi connectivity index (χ4v) is 6.86. The molecule has 4 aliphatic heterocycles.